The lowest BCUT2D eigenvalue weighted by Crippen LogP contribution is -2.36. The van der Waals surface area contributed by atoms with Gasteiger partial charge in [-0.05, 0) is 24.9 Å². The first-order valence-corrected chi connectivity index (χ1v) is 9.03. The smallest absolute Gasteiger partial charge is 0.150 e. The zero-order chi connectivity index (χ0) is 14.2. The van der Waals surface area contributed by atoms with Crippen molar-refractivity contribution < 1.29 is 13.2 Å². The van der Waals surface area contributed by atoms with Gasteiger partial charge in [-0.2, -0.15) is 0 Å². The molecule has 2 aliphatic rings. The van der Waals surface area contributed by atoms with E-state index in [4.69, 9.17) is 4.74 Å². The van der Waals surface area contributed by atoms with Crippen molar-refractivity contribution in [3.05, 3.63) is 29.8 Å². The van der Waals surface area contributed by atoms with E-state index in [0.29, 0.717) is 24.0 Å². The number of sulfone groups is 1. The molecule has 1 N–H and O–H groups in total. The van der Waals surface area contributed by atoms with Gasteiger partial charge in [0.05, 0.1) is 18.1 Å². The van der Waals surface area contributed by atoms with Gasteiger partial charge >= 0.3 is 0 Å². The van der Waals surface area contributed by atoms with Crippen LogP contribution in [0.5, 0.6) is 5.75 Å². The summed E-state index contributed by atoms with van der Waals surface area (Å²) >= 11 is 0. The molecule has 1 aromatic rings. The zero-order valence-electron chi connectivity index (χ0n) is 11.7. The SMILES string of the molecule is CC1COc2ccccc2C1NCC1CCS(=O)(=O)C1. The Balaban J connectivity index is 1.68. The van der Waals surface area contributed by atoms with E-state index in [-0.39, 0.29) is 12.0 Å². The van der Waals surface area contributed by atoms with Gasteiger partial charge in [0, 0.05) is 17.5 Å². The molecule has 0 aliphatic carbocycles. The molecule has 5 heteroatoms. The second kappa shape index (κ2) is 5.37. The molecule has 3 rings (SSSR count). The normalized spacial score (nSPS) is 31.6. The standard InChI is InChI=1S/C15H21NO3S/c1-11-9-19-14-5-3-2-4-13(14)15(11)16-8-12-6-7-20(17,18)10-12/h2-5,11-12,15-16H,6-10H2,1H3. The number of hydrogen-bond donors (Lipinski definition) is 1. The molecule has 1 aromatic carbocycles. The summed E-state index contributed by atoms with van der Waals surface area (Å²) in [6, 6.07) is 8.34. The highest BCUT2D eigenvalue weighted by Crippen LogP contribution is 2.35. The van der Waals surface area contributed by atoms with Gasteiger partial charge in [0.2, 0.25) is 0 Å². The fourth-order valence-electron chi connectivity index (χ4n) is 3.13. The molecule has 0 amide bonds. The number of hydrogen-bond acceptors (Lipinski definition) is 4. The summed E-state index contributed by atoms with van der Waals surface area (Å²) in [7, 11) is -2.79. The van der Waals surface area contributed by atoms with E-state index in [1.165, 1.54) is 5.56 Å². The summed E-state index contributed by atoms with van der Waals surface area (Å²) in [5, 5.41) is 3.56. The molecule has 1 saturated heterocycles. The topological polar surface area (TPSA) is 55.4 Å². The molecular weight excluding hydrogens is 274 g/mol. The van der Waals surface area contributed by atoms with Gasteiger partial charge in [0.25, 0.3) is 0 Å². The van der Waals surface area contributed by atoms with Crippen LogP contribution in [-0.4, -0.2) is 33.1 Å². The molecule has 0 spiro atoms. The largest absolute Gasteiger partial charge is 0.493 e. The van der Waals surface area contributed by atoms with E-state index in [1.807, 2.05) is 18.2 Å². The van der Waals surface area contributed by atoms with Gasteiger partial charge < -0.3 is 10.1 Å². The van der Waals surface area contributed by atoms with Crippen LogP contribution in [0.3, 0.4) is 0 Å². The van der Waals surface area contributed by atoms with Crippen LogP contribution in [0, 0.1) is 11.8 Å². The van der Waals surface area contributed by atoms with Crippen LogP contribution in [0.15, 0.2) is 24.3 Å². The van der Waals surface area contributed by atoms with Crippen molar-refractivity contribution >= 4 is 9.84 Å². The fourth-order valence-corrected chi connectivity index (χ4v) is 4.99. The van der Waals surface area contributed by atoms with Gasteiger partial charge in [0.15, 0.2) is 9.84 Å². The minimum absolute atomic E-state index is 0.252. The highest BCUT2D eigenvalue weighted by molar-refractivity contribution is 7.91. The Morgan fingerprint density at radius 1 is 1.35 bits per heavy atom. The summed E-state index contributed by atoms with van der Waals surface area (Å²) in [6.45, 7) is 3.64. The predicted molar refractivity (Wildman–Crippen MR) is 78.6 cm³/mol. The minimum Gasteiger partial charge on any atom is -0.493 e. The predicted octanol–water partition coefficient (Wildman–Crippen LogP) is 1.78. The monoisotopic (exact) mass is 295 g/mol. The molecule has 2 aliphatic heterocycles. The van der Waals surface area contributed by atoms with E-state index >= 15 is 0 Å². The Kier molecular flexibility index (Phi) is 3.73. The van der Waals surface area contributed by atoms with Crippen molar-refractivity contribution in [1.29, 1.82) is 0 Å². The Morgan fingerprint density at radius 3 is 2.90 bits per heavy atom. The molecule has 0 radical (unpaired) electrons. The van der Waals surface area contributed by atoms with Crippen molar-refractivity contribution in [1.82, 2.24) is 5.32 Å². The van der Waals surface area contributed by atoms with Crippen LogP contribution >= 0.6 is 0 Å². The van der Waals surface area contributed by atoms with Crippen LogP contribution in [0.1, 0.15) is 24.9 Å². The quantitative estimate of drug-likeness (QED) is 0.923. The average Bonchev–Trinajstić information content (AvgIpc) is 2.77. The lowest BCUT2D eigenvalue weighted by molar-refractivity contribution is 0.186. The van der Waals surface area contributed by atoms with E-state index in [9.17, 15) is 8.42 Å². The second-order valence-electron chi connectivity index (χ2n) is 5.98. The van der Waals surface area contributed by atoms with Gasteiger partial charge in [-0.1, -0.05) is 25.1 Å². The number of benzene rings is 1. The van der Waals surface area contributed by atoms with E-state index in [2.05, 4.69) is 18.3 Å². The lowest BCUT2D eigenvalue weighted by Gasteiger charge is -2.32. The highest BCUT2D eigenvalue weighted by atomic mass is 32.2. The Bertz CT molecular complexity index is 585. The molecule has 0 bridgehead atoms. The van der Waals surface area contributed by atoms with Crippen LogP contribution < -0.4 is 10.1 Å². The van der Waals surface area contributed by atoms with Crippen molar-refractivity contribution in [2.24, 2.45) is 11.8 Å². The molecule has 0 saturated carbocycles. The highest BCUT2D eigenvalue weighted by Gasteiger charge is 2.31. The summed E-state index contributed by atoms with van der Waals surface area (Å²) < 4.78 is 28.7. The number of ether oxygens (including phenoxy) is 1. The number of para-hydroxylation sites is 1. The Hall–Kier alpha value is -1.07. The molecule has 20 heavy (non-hydrogen) atoms. The second-order valence-corrected chi connectivity index (χ2v) is 8.21. The van der Waals surface area contributed by atoms with Crippen molar-refractivity contribution in [3.8, 4) is 5.75 Å². The first-order valence-electron chi connectivity index (χ1n) is 7.21. The third kappa shape index (κ3) is 2.83. The van der Waals surface area contributed by atoms with Gasteiger partial charge in [-0.15, -0.1) is 0 Å². The average molecular weight is 295 g/mol. The first kappa shape index (κ1) is 13.9. The molecular formula is C15H21NO3S. The number of rotatable bonds is 3. The summed E-state index contributed by atoms with van der Waals surface area (Å²) in [5.74, 6) is 2.27. The molecule has 3 unspecified atom stereocenters. The Morgan fingerprint density at radius 2 is 2.15 bits per heavy atom. The maximum Gasteiger partial charge on any atom is 0.150 e. The zero-order valence-corrected chi connectivity index (χ0v) is 12.5. The van der Waals surface area contributed by atoms with Crippen molar-refractivity contribution in [3.63, 3.8) is 0 Å². The Labute approximate surface area is 120 Å². The number of fused-ring (bicyclic) bond motifs is 1. The lowest BCUT2D eigenvalue weighted by atomic mass is 9.91. The van der Waals surface area contributed by atoms with Crippen LogP contribution in [0.4, 0.5) is 0 Å². The van der Waals surface area contributed by atoms with Crippen LogP contribution in [0.2, 0.25) is 0 Å². The van der Waals surface area contributed by atoms with E-state index < -0.39 is 9.84 Å². The van der Waals surface area contributed by atoms with Crippen molar-refractivity contribution in [2.75, 3.05) is 24.7 Å². The van der Waals surface area contributed by atoms with E-state index in [0.717, 1.165) is 18.7 Å². The van der Waals surface area contributed by atoms with Gasteiger partial charge in [-0.3, -0.25) is 0 Å². The molecule has 0 aromatic heterocycles. The van der Waals surface area contributed by atoms with Gasteiger partial charge in [0.1, 0.15) is 5.75 Å². The summed E-state index contributed by atoms with van der Waals surface area (Å²) in [4.78, 5) is 0. The molecule has 110 valence electrons. The first-order chi connectivity index (χ1) is 9.55. The number of nitrogens with one attached hydrogen (secondary N) is 1. The van der Waals surface area contributed by atoms with Crippen molar-refractivity contribution in [2.45, 2.75) is 19.4 Å². The summed E-state index contributed by atoms with van der Waals surface area (Å²) in [5.41, 5.74) is 1.19. The minimum atomic E-state index is -2.79. The fraction of sp³-hybridized carbons (Fsp3) is 0.600. The summed E-state index contributed by atoms with van der Waals surface area (Å²) in [6.07, 6.45) is 0.786. The van der Waals surface area contributed by atoms with E-state index in [1.54, 1.807) is 0 Å². The molecule has 1 fully saturated rings. The van der Waals surface area contributed by atoms with Crippen LogP contribution in [0.25, 0.3) is 0 Å². The third-order valence-corrected chi connectivity index (χ3v) is 6.11. The molecule has 3 atom stereocenters. The molecule has 4 nitrogen and oxygen atoms in total. The van der Waals surface area contributed by atoms with Gasteiger partial charge in [-0.25, -0.2) is 8.42 Å². The molecule has 2 heterocycles. The third-order valence-electron chi connectivity index (χ3n) is 4.28. The van der Waals surface area contributed by atoms with Crippen LogP contribution in [-0.2, 0) is 9.84 Å². The maximum absolute atomic E-state index is 11.5. The maximum atomic E-state index is 11.5.